The highest BCUT2D eigenvalue weighted by molar-refractivity contribution is 5.80. The smallest absolute Gasteiger partial charge is 0.0656 e. The quantitative estimate of drug-likeness (QED) is 0.726. The monoisotopic (exact) mass is 174 g/mol. The summed E-state index contributed by atoms with van der Waals surface area (Å²) >= 11 is 0. The predicted molar refractivity (Wildman–Crippen MR) is 52.2 cm³/mol. The fourth-order valence-corrected chi connectivity index (χ4v) is 1.25. The standard InChI is InChI=1S/C10H10N2O/c13-5-1-2-8-3-4-9-7-11-12-10(9)6-8/h1-4,6-7,13H,5H2,(H,11,12). The molecule has 0 spiro atoms. The normalized spacial score (nSPS) is 11.5. The lowest BCUT2D eigenvalue weighted by Gasteiger charge is -1.92. The minimum atomic E-state index is 0.0704. The first-order valence-electron chi connectivity index (χ1n) is 4.10. The van der Waals surface area contributed by atoms with Crippen molar-refractivity contribution in [2.24, 2.45) is 0 Å². The molecule has 0 aliphatic carbocycles. The molecule has 1 aromatic heterocycles. The first-order valence-corrected chi connectivity index (χ1v) is 4.10. The molecular weight excluding hydrogens is 164 g/mol. The topological polar surface area (TPSA) is 48.9 Å². The molecule has 0 aliphatic heterocycles. The summed E-state index contributed by atoms with van der Waals surface area (Å²) in [6, 6.07) is 5.98. The van der Waals surface area contributed by atoms with E-state index in [1.165, 1.54) is 0 Å². The molecule has 13 heavy (non-hydrogen) atoms. The highest BCUT2D eigenvalue weighted by Gasteiger charge is 1.94. The molecule has 0 radical (unpaired) electrons. The van der Waals surface area contributed by atoms with Crippen LogP contribution in [0.4, 0.5) is 0 Å². The lowest BCUT2D eigenvalue weighted by atomic mass is 10.1. The van der Waals surface area contributed by atoms with E-state index in [1.807, 2.05) is 24.3 Å². The van der Waals surface area contributed by atoms with Crippen LogP contribution in [0.25, 0.3) is 17.0 Å². The molecule has 0 bridgehead atoms. The Kier molecular flexibility index (Phi) is 2.10. The second kappa shape index (κ2) is 3.41. The maximum absolute atomic E-state index is 8.59. The number of hydrogen-bond donors (Lipinski definition) is 2. The van der Waals surface area contributed by atoms with Crippen LogP contribution in [0, 0.1) is 0 Å². The number of aromatic nitrogens is 2. The minimum absolute atomic E-state index is 0.0704. The molecule has 1 aromatic carbocycles. The van der Waals surface area contributed by atoms with Crippen molar-refractivity contribution >= 4 is 17.0 Å². The number of H-pyrrole nitrogens is 1. The molecule has 2 rings (SSSR count). The van der Waals surface area contributed by atoms with E-state index in [1.54, 1.807) is 12.3 Å². The lowest BCUT2D eigenvalue weighted by molar-refractivity contribution is 0.343. The second-order valence-corrected chi connectivity index (χ2v) is 2.80. The summed E-state index contributed by atoms with van der Waals surface area (Å²) in [6.45, 7) is 0.0704. The molecule has 0 saturated carbocycles. The van der Waals surface area contributed by atoms with Crippen LogP contribution in [0.2, 0.25) is 0 Å². The zero-order chi connectivity index (χ0) is 9.10. The summed E-state index contributed by atoms with van der Waals surface area (Å²) in [5.74, 6) is 0. The van der Waals surface area contributed by atoms with E-state index >= 15 is 0 Å². The molecule has 0 amide bonds. The van der Waals surface area contributed by atoms with Crippen molar-refractivity contribution in [1.82, 2.24) is 10.2 Å². The number of aliphatic hydroxyl groups is 1. The van der Waals surface area contributed by atoms with Gasteiger partial charge in [0, 0.05) is 5.39 Å². The van der Waals surface area contributed by atoms with Crippen molar-refractivity contribution in [2.45, 2.75) is 0 Å². The summed E-state index contributed by atoms with van der Waals surface area (Å²) in [5.41, 5.74) is 2.07. The maximum Gasteiger partial charge on any atom is 0.0656 e. The first-order chi connectivity index (χ1) is 6.40. The molecule has 3 nitrogen and oxygen atoms in total. The van der Waals surface area contributed by atoms with E-state index in [-0.39, 0.29) is 6.61 Å². The maximum atomic E-state index is 8.59. The van der Waals surface area contributed by atoms with Gasteiger partial charge < -0.3 is 5.11 Å². The lowest BCUT2D eigenvalue weighted by Crippen LogP contribution is -1.75. The molecule has 66 valence electrons. The van der Waals surface area contributed by atoms with Crippen LogP contribution in [0.3, 0.4) is 0 Å². The van der Waals surface area contributed by atoms with Gasteiger partial charge in [-0.15, -0.1) is 0 Å². The molecule has 3 heteroatoms. The van der Waals surface area contributed by atoms with Crippen molar-refractivity contribution in [3.63, 3.8) is 0 Å². The van der Waals surface area contributed by atoms with Crippen LogP contribution in [-0.2, 0) is 0 Å². The Labute approximate surface area is 75.7 Å². The van der Waals surface area contributed by atoms with Gasteiger partial charge in [0.2, 0.25) is 0 Å². The largest absolute Gasteiger partial charge is 0.392 e. The molecule has 2 aromatic rings. The third-order valence-corrected chi connectivity index (χ3v) is 1.88. The van der Waals surface area contributed by atoms with Crippen LogP contribution in [0.1, 0.15) is 5.56 Å². The van der Waals surface area contributed by atoms with Crippen molar-refractivity contribution in [3.05, 3.63) is 36.0 Å². The van der Waals surface area contributed by atoms with Gasteiger partial charge in [-0.25, -0.2) is 0 Å². The van der Waals surface area contributed by atoms with Crippen LogP contribution < -0.4 is 0 Å². The van der Waals surface area contributed by atoms with Crippen molar-refractivity contribution in [1.29, 1.82) is 0 Å². The van der Waals surface area contributed by atoms with Crippen molar-refractivity contribution in [2.75, 3.05) is 6.61 Å². The molecule has 0 aliphatic rings. The zero-order valence-electron chi connectivity index (χ0n) is 7.07. The molecule has 0 atom stereocenters. The van der Waals surface area contributed by atoms with E-state index < -0.39 is 0 Å². The van der Waals surface area contributed by atoms with Crippen LogP contribution in [-0.4, -0.2) is 21.9 Å². The number of hydrogen-bond acceptors (Lipinski definition) is 2. The Hall–Kier alpha value is -1.61. The number of fused-ring (bicyclic) bond motifs is 1. The fraction of sp³-hybridized carbons (Fsp3) is 0.100. The van der Waals surface area contributed by atoms with E-state index in [0.717, 1.165) is 16.5 Å². The van der Waals surface area contributed by atoms with Gasteiger partial charge in [0.1, 0.15) is 0 Å². The third-order valence-electron chi connectivity index (χ3n) is 1.88. The summed E-state index contributed by atoms with van der Waals surface area (Å²) in [7, 11) is 0. The van der Waals surface area contributed by atoms with Gasteiger partial charge >= 0.3 is 0 Å². The number of benzene rings is 1. The van der Waals surface area contributed by atoms with Gasteiger partial charge in [0.25, 0.3) is 0 Å². The van der Waals surface area contributed by atoms with Gasteiger partial charge in [0.15, 0.2) is 0 Å². The van der Waals surface area contributed by atoms with Gasteiger partial charge in [-0.1, -0.05) is 24.3 Å². The van der Waals surface area contributed by atoms with Crippen molar-refractivity contribution < 1.29 is 5.11 Å². The molecule has 0 unspecified atom stereocenters. The highest BCUT2D eigenvalue weighted by atomic mass is 16.2. The van der Waals surface area contributed by atoms with Crippen LogP contribution >= 0.6 is 0 Å². The number of aromatic amines is 1. The minimum Gasteiger partial charge on any atom is -0.392 e. The van der Waals surface area contributed by atoms with Gasteiger partial charge in [-0.2, -0.15) is 5.10 Å². The Morgan fingerprint density at radius 3 is 3.23 bits per heavy atom. The Morgan fingerprint density at radius 1 is 1.46 bits per heavy atom. The fourth-order valence-electron chi connectivity index (χ4n) is 1.25. The summed E-state index contributed by atoms with van der Waals surface area (Å²) in [5, 5.41) is 16.5. The summed E-state index contributed by atoms with van der Waals surface area (Å²) < 4.78 is 0. The van der Waals surface area contributed by atoms with E-state index in [9.17, 15) is 0 Å². The zero-order valence-corrected chi connectivity index (χ0v) is 7.07. The first kappa shape index (κ1) is 8.01. The SMILES string of the molecule is OCC=Cc1ccc2cn[nH]c2c1. The Morgan fingerprint density at radius 2 is 2.38 bits per heavy atom. The number of nitrogens with one attached hydrogen (secondary N) is 1. The third kappa shape index (κ3) is 1.60. The van der Waals surface area contributed by atoms with Crippen molar-refractivity contribution in [3.8, 4) is 0 Å². The van der Waals surface area contributed by atoms with E-state index in [0.29, 0.717) is 0 Å². The number of aliphatic hydroxyl groups excluding tert-OH is 1. The molecule has 0 saturated heterocycles. The summed E-state index contributed by atoms with van der Waals surface area (Å²) in [4.78, 5) is 0. The number of nitrogens with zero attached hydrogens (tertiary/aromatic N) is 1. The van der Waals surface area contributed by atoms with Crippen LogP contribution in [0.15, 0.2) is 30.5 Å². The van der Waals surface area contributed by atoms with Gasteiger partial charge in [-0.05, 0) is 11.6 Å². The van der Waals surface area contributed by atoms with Crippen LogP contribution in [0.5, 0.6) is 0 Å². The highest BCUT2D eigenvalue weighted by Crippen LogP contribution is 2.13. The molecule has 0 fully saturated rings. The van der Waals surface area contributed by atoms with E-state index in [2.05, 4.69) is 10.2 Å². The molecule has 2 N–H and O–H groups in total. The Bertz CT molecular complexity index is 431. The molecule has 1 heterocycles. The second-order valence-electron chi connectivity index (χ2n) is 2.80. The average molecular weight is 174 g/mol. The Balaban J connectivity index is 2.42. The van der Waals surface area contributed by atoms with Gasteiger partial charge in [-0.3, -0.25) is 5.10 Å². The average Bonchev–Trinajstić information content (AvgIpc) is 2.61. The number of rotatable bonds is 2. The predicted octanol–water partition coefficient (Wildman–Crippen LogP) is 1.57. The summed E-state index contributed by atoms with van der Waals surface area (Å²) in [6.07, 6.45) is 5.37. The van der Waals surface area contributed by atoms with E-state index in [4.69, 9.17) is 5.11 Å². The molecular formula is C10H10N2O. The van der Waals surface area contributed by atoms with Gasteiger partial charge in [0.05, 0.1) is 18.3 Å².